The van der Waals surface area contributed by atoms with Crippen molar-refractivity contribution >= 4 is 16.8 Å². The zero-order valence-electron chi connectivity index (χ0n) is 10.5. The van der Waals surface area contributed by atoms with Gasteiger partial charge in [0.15, 0.2) is 0 Å². The first-order chi connectivity index (χ1) is 8.06. The summed E-state index contributed by atoms with van der Waals surface area (Å²) in [5.74, 6) is 0.216. The summed E-state index contributed by atoms with van der Waals surface area (Å²) in [6.07, 6.45) is 1.39. The van der Waals surface area contributed by atoms with Crippen molar-refractivity contribution in [3.63, 3.8) is 0 Å². The number of benzene rings is 1. The van der Waals surface area contributed by atoms with Gasteiger partial charge in [-0.1, -0.05) is 0 Å². The molecule has 0 saturated heterocycles. The van der Waals surface area contributed by atoms with Crippen LogP contribution in [0.15, 0.2) is 12.1 Å². The summed E-state index contributed by atoms with van der Waals surface area (Å²) in [5.41, 5.74) is 4.31. The van der Waals surface area contributed by atoms with E-state index in [9.17, 15) is 4.79 Å². The fourth-order valence-corrected chi connectivity index (χ4v) is 1.79. The van der Waals surface area contributed by atoms with Crippen LogP contribution in [-0.2, 0) is 11.3 Å². The molecule has 0 spiro atoms. The fourth-order valence-electron chi connectivity index (χ4n) is 1.79. The zero-order valence-corrected chi connectivity index (χ0v) is 10.5. The van der Waals surface area contributed by atoms with Gasteiger partial charge in [-0.15, -0.1) is 0 Å². The minimum Gasteiger partial charge on any atom is -0.300 e. The average Bonchev–Trinajstić information content (AvgIpc) is 2.60. The predicted octanol–water partition coefficient (Wildman–Crippen LogP) is 2.42. The Balaban J connectivity index is 2.17. The molecule has 0 bridgehead atoms. The molecule has 17 heavy (non-hydrogen) atoms. The largest absolute Gasteiger partial charge is 0.300 e. The fraction of sp³-hybridized carbons (Fsp3) is 0.462. The van der Waals surface area contributed by atoms with Crippen LogP contribution in [-0.4, -0.2) is 20.8 Å². The molecule has 0 radical (unpaired) electrons. The maximum Gasteiger partial charge on any atom is 0.129 e. The third-order valence-electron chi connectivity index (χ3n) is 2.92. The Morgan fingerprint density at radius 3 is 2.18 bits per heavy atom. The van der Waals surface area contributed by atoms with E-state index in [-0.39, 0.29) is 5.78 Å². The van der Waals surface area contributed by atoms with Crippen molar-refractivity contribution < 1.29 is 4.79 Å². The van der Waals surface area contributed by atoms with Gasteiger partial charge >= 0.3 is 0 Å². The molecule has 0 aliphatic carbocycles. The van der Waals surface area contributed by atoms with Gasteiger partial charge in [0.25, 0.3) is 0 Å². The van der Waals surface area contributed by atoms with Crippen LogP contribution in [0.3, 0.4) is 0 Å². The van der Waals surface area contributed by atoms with Crippen molar-refractivity contribution in [2.75, 3.05) is 0 Å². The Hall–Kier alpha value is -1.71. The van der Waals surface area contributed by atoms with Gasteiger partial charge in [-0.3, -0.25) is 0 Å². The van der Waals surface area contributed by atoms with Crippen LogP contribution in [0.1, 0.15) is 30.9 Å². The van der Waals surface area contributed by atoms with Crippen LogP contribution in [0.4, 0.5) is 0 Å². The first kappa shape index (κ1) is 11.8. The second-order valence-electron chi connectivity index (χ2n) is 4.53. The lowest BCUT2D eigenvalue weighted by molar-refractivity contribution is -0.117. The van der Waals surface area contributed by atoms with Gasteiger partial charge in [0.05, 0.1) is 6.54 Å². The summed E-state index contributed by atoms with van der Waals surface area (Å²) in [5, 5.41) is 8.81. The summed E-state index contributed by atoms with van der Waals surface area (Å²) in [6, 6.07) is 4.11. The van der Waals surface area contributed by atoms with Gasteiger partial charge in [0.1, 0.15) is 16.8 Å². The highest BCUT2D eigenvalue weighted by Gasteiger charge is 2.05. The molecule has 0 aliphatic heterocycles. The number of nitrogens with zero attached hydrogens (tertiary/aromatic N) is 3. The van der Waals surface area contributed by atoms with Gasteiger partial charge in [0.2, 0.25) is 0 Å². The highest BCUT2D eigenvalue weighted by atomic mass is 16.1. The Bertz CT molecular complexity index is 518. The first-order valence-corrected chi connectivity index (χ1v) is 5.88. The van der Waals surface area contributed by atoms with Crippen molar-refractivity contribution in [1.29, 1.82) is 0 Å². The molecule has 4 heteroatoms. The van der Waals surface area contributed by atoms with E-state index in [0.717, 1.165) is 17.5 Å². The molecule has 1 aromatic heterocycles. The molecule has 90 valence electrons. The van der Waals surface area contributed by atoms with Gasteiger partial charge < -0.3 is 4.79 Å². The van der Waals surface area contributed by atoms with Crippen LogP contribution in [0.2, 0.25) is 0 Å². The summed E-state index contributed by atoms with van der Waals surface area (Å²) < 4.78 is 0. The monoisotopic (exact) mass is 231 g/mol. The first-order valence-electron chi connectivity index (χ1n) is 5.88. The molecule has 4 nitrogen and oxygen atoms in total. The SMILES string of the molecule is CC(=O)CCCn1nc2cc(C)c(C)cc2n1. The number of hydrogen-bond donors (Lipinski definition) is 0. The summed E-state index contributed by atoms with van der Waals surface area (Å²) in [6.45, 7) is 6.46. The number of carbonyl (C=O) groups is 1. The normalized spacial score (nSPS) is 11.0. The quantitative estimate of drug-likeness (QED) is 0.811. The van der Waals surface area contributed by atoms with E-state index in [0.29, 0.717) is 13.0 Å². The average molecular weight is 231 g/mol. The molecular weight excluding hydrogens is 214 g/mol. The van der Waals surface area contributed by atoms with Crippen molar-refractivity contribution in [3.8, 4) is 0 Å². The Morgan fingerprint density at radius 1 is 1.18 bits per heavy atom. The van der Waals surface area contributed by atoms with Gasteiger partial charge in [-0.25, -0.2) is 0 Å². The molecular formula is C13H17N3O. The Labute approximate surface area is 101 Å². The highest BCUT2D eigenvalue weighted by Crippen LogP contribution is 2.15. The maximum atomic E-state index is 10.8. The second-order valence-corrected chi connectivity index (χ2v) is 4.53. The number of aromatic nitrogens is 3. The lowest BCUT2D eigenvalue weighted by Gasteiger charge is -1.96. The van der Waals surface area contributed by atoms with E-state index in [1.54, 1.807) is 11.7 Å². The topological polar surface area (TPSA) is 47.8 Å². The molecule has 2 aromatic rings. The van der Waals surface area contributed by atoms with Crippen LogP contribution in [0, 0.1) is 13.8 Å². The van der Waals surface area contributed by atoms with E-state index in [4.69, 9.17) is 0 Å². The number of fused-ring (bicyclic) bond motifs is 1. The van der Waals surface area contributed by atoms with E-state index >= 15 is 0 Å². The Morgan fingerprint density at radius 2 is 1.71 bits per heavy atom. The van der Waals surface area contributed by atoms with Gasteiger partial charge in [0, 0.05) is 6.42 Å². The third kappa shape index (κ3) is 2.70. The lowest BCUT2D eigenvalue weighted by Crippen LogP contribution is -2.03. The third-order valence-corrected chi connectivity index (χ3v) is 2.92. The molecule has 0 unspecified atom stereocenters. The van der Waals surface area contributed by atoms with Crippen LogP contribution < -0.4 is 0 Å². The molecule has 0 amide bonds. The van der Waals surface area contributed by atoms with Crippen molar-refractivity contribution in [1.82, 2.24) is 15.0 Å². The molecule has 1 heterocycles. The molecule has 0 N–H and O–H groups in total. The molecule has 0 fully saturated rings. The van der Waals surface area contributed by atoms with Gasteiger partial charge in [-0.2, -0.15) is 15.0 Å². The van der Waals surface area contributed by atoms with Crippen molar-refractivity contribution in [2.24, 2.45) is 0 Å². The highest BCUT2D eigenvalue weighted by molar-refractivity contribution is 5.76. The van der Waals surface area contributed by atoms with Crippen molar-refractivity contribution in [3.05, 3.63) is 23.3 Å². The van der Waals surface area contributed by atoms with Crippen LogP contribution in [0.5, 0.6) is 0 Å². The minimum atomic E-state index is 0.216. The zero-order chi connectivity index (χ0) is 12.4. The number of Topliss-reactive ketones (excluding diaryl/α,β-unsaturated/α-hetero) is 1. The number of rotatable bonds is 4. The lowest BCUT2D eigenvalue weighted by atomic mass is 10.1. The minimum absolute atomic E-state index is 0.216. The Kier molecular flexibility index (Phi) is 3.22. The van der Waals surface area contributed by atoms with Crippen molar-refractivity contribution in [2.45, 2.75) is 40.2 Å². The molecule has 2 rings (SSSR count). The van der Waals surface area contributed by atoms with Crippen LogP contribution in [0.25, 0.3) is 11.0 Å². The summed E-state index contributed by atoms with van der Waals surface area (Å²) >= 11 is 0. The van der Waals surface area contributed by atoms with Crippen LogP contribution >= 0.6 is 0 Å². The maximum absolute atomic E-state index is 10.8. The number of ketones is 1. The molecule has 0 saturated carbocycles. The standard InChI is InChI=1S/C13H17N3O/c1-9-7-12-13(8-10(9)2)15-16(14-12)6-4-5-11(3)17/h7-8H,4-6H2,1-3H3. The summed E-state index contributed by atoms with van der Waals surface area (Å²) in [7, 11) is 0. The van der Waals surface area contributed by atoms with Gasteiger partial charge in [-0.05, 0) is 50.5 Å². The van der Waals surface area contributed by atoms with E-state index in [2.05, 4.69) is 36.2 Å². The second kappa shape index (κ2) is 4.65. The number of aryl methyl sites for hydroxylation is 3. The number of carbonyl (C=O) groups excluding carboxylic acids is 1. The smallest absolute Gasteiger partial charge is 0.129 e. The van der Waals surface area contributed by atoms with E-state index < -0.39 is 0 Å². The molecule has 1 aromatic carbocycles. The predicted molar refractivity (Wildman–Crippen MR) is 66.9 cm³/mol. The van der Waals surface area contributed by atoms with E-state index in [1.807, 2.05) is 0 Å². The molecule has 0 aliphatic rings. The number of hydrogen-bond acceptors (Lipinski definition) is 3. The summed E-state index contributed by atoms with van der Waals surface area (Å²) in [4.78, 5) is 12.5. The van der Waals surface area contributed by atoms with E-state index in [1.165, 1.54) is 11.1 Å². The molecule has 0 atom stereocenters.